The number of hydrogen-bond donors (Lipinski definition) is 1. The number of aromatic nitrogens is 1. The molecular weight excluding hydrogens is 313 g/mol. The predicted octanol–water partition coefficient (Wildman–Crippen LogP) is 2.83. The number of pyridine rings is 1. The number of rotatable bonds is 5. The molecule has 0 unspecified atom stereocenters. The van der Waals surface area contributed by atoms with Gasteiger partial charge < -0.3 is 10.2 Å². The molecule has 1 N–H and O–H groups in total. The van der Waals surface area contributed by atoms with Gasteiger partial charge >= 0.3 is 11.9 Å². The van der Waals surface area contributed by atoms with Gasteiger partial charge in [-0.3, -0.25) is 10.1 Å². The van der Waals surface area contributed by atoms with Crippen molar-refractivity contribution in [1.29, 1.82) is 0 Å². The van der Waals surface area contributed by atoms with Crippen LogP contribution in [0.3, 0.4) is 0 Å². The van der Waals surface area contributed by atoms with E-state index in [2.05, 4.69) is 10.3 Å². The first-order valence-electron chi connectivity index (χ1n) is 7.50. The Hall–Kier alpha value is -1.90. The lowest BCUT2D eigenvalue weighted by Gasteiger charge is -2.33. The average Bonchev–Trinajstić information content (AvgIpc) is 2.52. The first-order valence-corrected chi connectivity index (χ1v) is 7.50. The van der Waals surface area contributed by atoms with Gasteiger partial charge in [-0.15, -0.1) is 0 Å². The number of nitrogens with zero attached hydrogens (tertiary/aromatic N) is 3. The number of halogens is 3. The van der Waals surface area contributed by atoms with Crippen molar-refractivity contribution in [2.24, 2.45) is 5.92 Å². The minimum atomic E-state index is -4.62. The quantitative estimate of drug-likeness (QED) is 0.663. The summed E-state index contributed by atoms with van der Waals surface area (Å²) in [6, 6.07) is 0.781. The molecule has 1 aliphatic rings. The molecule has 128 valence electrons. The fourth-order valence-corrected chi connectivity index (χ4v) is 2.71. The van der Waals surface area contributed by atoms with Crippen LogP contribution in [0.25, 0.3) is 0 Å². The molecule has 0 bridgehead atoms. The summed E-state index contributed by atoms with van der Waals surface area (Å²) in [7, 11) is 0. The zero-order chi connectivity index (χ0) is 17.0. The van der Waals surface area contributed by atoms with Crippen LogP contribution in [0.1, 0.15) is 25.5 Å². The van der Waals surface area contributed by atoms with Crippen LogP contribution < -0.4 is 10.2 Å². The molecule has 2 heterocycles. The Balaban J connectivity index is 2.19. The highest BCUT2D eigenvalue weighted by molar-refractivity contribution is 5.63. The van der Waals surface area contributed by atoms with E-state index in [9.17, 15) is 23.3 Å². The second-order valence-corrected chi connectivity index (χ2v) is 5.55. The van der Waals surface area contributed by atoms with Gasteiger partial charge in [0.2, 0.25) is 0 Å². The lowest BCUT2D eigenvalue weighted by atomic mass is 9.96. The molecule has 0 saturated carbocycles. The summed E-state index contributed by atoms with van der Waals surface area (Å²) < 4.78 is 38.4. The maximum atomic E-state index is 12.8. The summed E-state index contributed by atoms with van der Waals surface area (Å²) in [5.74, 6) is 0.439. The van der Waals surface area contributed by atoms with Crippen LogP contribution >= 0.6 is 0 Å². The first kappa shape index (κ1) is 17.5. The molecule has 23 heavy (non-hydrogen) atoms. The second-order valence-electron chi connectivity index (χ2n) is 5.55. The van der Waals surface area contributed by atoms with Crippen molar-refractivity contribution in [3.63, 3.8) is 0 Å². The van der Waals surface area contributed by atoms with Gasteiger partial charge in [-0.1, -0.05) is 6.92 Å². The zero-order valence-corrected chi connectivity index (χ0v) is 12.8. The largest absolute Gasteiger partial charge is 0.433 e. The summed E-state index contributed by atoms with van der Waals surface area (Å²) in [4.78, 5) is 15.2. The number of nitro groups is 1. The van der Waals surface area contributed by atoms with Crippen LogP contribution in [-0.2, 0) is 6.18 Å². The molecule has 1 aromatic heterocycles. The molecular formula is C14H19F3N4O2. The number of nitrogens with one attached hydrogen (secondary N) is 1. The van der Waals surface area contributed by atoms with Crippen molar-refractivity contribution in [3.05, 3.63) is 28.1 Å². The molecule has 6 nitrogen and oxygen atoms in total. The van der Waals surface area contributed by atoms with Crippen LogP contribution in [0.15, 0.2) is 12.3 Å². The van der Waals surface area contributed by atoms with E-state index in [1.54, 1.807) is 4.90 Å². The Morgan fingerprint density at radius 3 is 2.61 bits per heavy atom. The van der Waals surface area contributed by atoms with Crippen molar-refractivity contribution in [2.75, 3.05) is 31.1 Å². The van der Waals surface area contributed by atoms with Crippen LogP contribution in [0.5, 0.6) is 0 Å². The molecule has 0 atom stereocenters. The maximum Gasteiger partial charge on any atom is 0.433 e. The van der Waals surface area contributed by atoms with Crippen LogP contribution in [0.4, 0.5) is 24.5 Å². The Bertz CT molecular complexity index is 557. The van der Waals surface area contributed by atoms with Gasteiger partial charge in [-0.2, -0.15) is 13.2 Å². The van der Waals surface area contributed by atoms with Gasteiger partial charge in [0.1, 0.15) is 17.6 Å². The van der Waals surface area contributed by atoms with E-state index in [1.165, 1.54) is 0 Å². The molecule has 0 spiro atoms. The van der Waals surface area contributed by atoms with Gasteiger partial charge in [-0.05, 0) is 37.9 Å². The smallest absolute Gasteiger partial charge is 0.366 e. The average molecular weight is 332 g/mol. The maximum absolute atomic E-state index is 12.8. The van der Waals surface area contributed by atoms with Gasteiger partial charge in [0, 0.05) is 13.1 Å². The monoisotopic (exact) mass is 332 g/mol. The summed E-state index contributed by atoms with van der Waals surface area (Å²) >= 11 is 0. The van der Waals surface area contributed by atoms with E-state index in [1.807, 2.05) is 6.92 Å². The highest BCUT2D eigenvalue weighted by atomic mass is 19.4. The third kappa shape index (κ3) is 4.31. The SMILES string of the molecule is CCNCC1CCN(c2cc(C(F)(F)F)ncc2[N+](=O)[O-])CC1. The fraction of sp³-hybridized carbons (Fsp3) is 0.643. The molecule has 1 fully saturated rings. The fourth-order valence-electron chi connectivity index (χ4n) is 2.71. The van der Waals surface area contributed by atoms with Crippen molar-refractivity contribution in [3.8, 4) is 0 Å². The second kappa shape index (κ2) is 7.12. The minimum Gasteiger partial charge on any atom is -0.366 e. The standard InChI is InChI=1S/C14H19F3N4O2/c1-2-18-8-10-3-5-20(6-4-10)11-7-13(14(15,16)17)19-9-12(11)21(22)23/h7,9-10,18H,2-6,8H2,1H3. The number of piperidine rings is 1. The van der Waals surface area contributed by atoms with E-state index in [0.717, 1.165) is 32.0 Å². The predicted molar refractivity (Wildman–Crippen MR) is 79.4 cm³/mol. The van der Waals surface area contributed by atoms with Crippen LogP contribution in [0.2, 0.25) is 0 Å². The van der Waals surface area contributed by atoms with Gasteiger partial charge in [0.15, 0.2) is 0 Å². The van der Waals surface area contributed by atoms with E-state index in [0.29, 0.717) is 25.2 Å². The topological polar surface area (TPSA) is 71.3 Å². The van der Waals surface area contributed by atoms with Gasteiger partial charge in [0.25, 0.3) is 0 Å². The molecule has 2 rings (SSSR count). The molecule has 0 aromatic carbocycles. The molecule has 0 amide bonds. The highest BCUT2D eigenvalue weighted by Crippen LogP contribution is 2.36. The van der Waals surface area contributed by atoms with Crippen molar-refractivity contribution < 1.29 is 18.1 Å². The van der Waals surface area contributed by atoms with Gasteiger partial charge in [-0.25, -0.2) is 4.98 Å². The summed E-state index contributed by atoms with van der Waals surface area (Å²) in [5.41, 5.74) is -1.49. The van der Waals surface area contributed by atoms with Gasteiger partial charge in [0.05, 0.1) is 4.92 Å². The summed E-state index contributed by atoms with van der Waals surface area (Å²) in [6.45, 7) is 4.73. The van der Waals surface area contributed by atoms with Crippen LogP contribution in [-0.4, -0.2) is 36.1 Å². The molecule has 1 aliphatic heterocycles. The Morgan fingerprint density at radius 2 is 2.09 bits per heavy atom. The van der Waals surface area contributed by atoms with Crippen molar-refractivity contribution in [1.82, 2.24) is 10.3 Å². The minimum absolute atomic E-state index is 0.000717. The Morgan fingerprint density at radius 1 is 1.43 bits per heavy atom. The lowest BCUT2D eigenvalue weighted by molar-refractivity contribution is -0.384. The molecule has 0 aliphatic carbocycles. The van der Waals surface area contributed by atoms with E-state index in [-0.39, 0.29) is 11.4 Å². The van der Waals surface area contributed by atoms with Crippen molar-refractivity contribution >= 4 is 11.4 Å². The third-order valence-corrected chi connectivity index (χ3v) is 3.99. The van der Waals surface area contributed by atoms with E-state index < -0.39 is 16.8 Å². The molecule has 1 aromatic rings. The van der Waals surface area contributed by atoms with E-state index in [4.69, 9.17) is 0 Å². The summed E-state index contributed by atoms with van der Waals surface area (Å²) in [6.07, 6.45) is -2.35. The molecule has 0 radical (unpaired) electrons. The first-order chi connectivity index (χ1) is 10.8. The third-order valence-electron chi connectivity index (χ3n) is 3.99. The van der Waals surface area contributed by atoms with Crippen molar-refractivity contribution in [2.45, 2.75) is 25.9 Å². The highest BCUT2D eigenvalue weighted by Gasteiger charge is 2.35. The number of hydrogen-bond acceptors (Lipinski definition) is 5. The Kier molecular flexibility index (Phi) is 5.40. The van der Waals surface area contributed by atoms with E-state index >= 15 is 0 Å². The zero-order valence-electron chi connectivity index (χ0n) is 12.8. The lowest BCUT2D eigenvalue weighted by Crippen LogP contribution is -2.37. The Labute approximate surface area is 131 Å². The summed E-state index contributed by atoms with van der Waals surface area (Å²) in [5, 5.41) is 14.3. The van der Waals surface area contributed by atoms with Crippen LogP contribution in [0, 0.1) is 16.0 Å². The number of alkyl halides is 3. The normalized spacial score (nSPS) is 16.6. The molecule has 9 heteroatoms. The number of anilines is 1. The molecule has 1 saturated heterocycles.